The minimum Gasteiger partial charge on any atom is -0.139 e. The summed E-state index contributed by atoms with van der Waals surface area (Å²) in [5.41, 5.74) is 0. The molecule has 41 heavy (non-hydrogen) atoms. The standard InChI is InChI=1S/C21H12I7P7S6/c1-4-5(29-22)2-7(36-4)13-9(31-24)15-17(38-13)11(33-26)19(40-15)20-12(34-27)18-16(41-20)10(32-25)14(39-18)8-3-6(30-23)21(35-28)37-8/h2-3,29-35H,1H3/i29D,30D,31D,32D,33D,34D,35D. The molecule has 0 N–H and O–H groups in total. The second-order valence-corrected chi connectivity index (χ2v) is 29.1. The number of fused-ring (bicyclic) bond motifs is 2. The maximum Gasteiger partial charge on any atom is 0.0748 e. The predicted molar refractivity (Wildman–Crippen MR) is 284 cm³/mol. The SMILES string of the molecule is [2H]P(I)c1cc(-c2sc3c(P([2H])I)c(-c4sc5c(P([2H])I)c(-c6cc(P([2H])I)c(P([2H])I)s6)sc5c4P([2H])I)sc3c2P([2H])I)sc1C. The summed E-state index contributed by atoms with van der Waals surface area (Å²) in [7, 11) is 0. The van der Waals surface area contributed by atoms with Gasteiger partial charge in [-0.05, 0) is 67.5 Å². The molecular formula is C21H12I7P7S6. The van der Waals surface area contributed by atoms with E-state index in [4.69, 9.17) is 8.95 Å². The van der Waals surface area contributed by atoms with Crippen LogP contribution in [0.15, 0.2) is 12.1 Å². The van der Waals surface area contributed by atoms with Crippen LogP contribution in [0.5, 0.6) is 0 Å². The Bertz CT molecular complexity index is 2130. The van der Waals surface area contributed by atoms with Gasteiger partial charge in [0.25, 0.3) is 0 Å². The van der Waals surface area contributed by atoms with Gasteiger partial charge in [-0.1, -0.05) is 154 Å². The molecule has 0 aromatic carbocycles. The predicted octanol–water partition coefficient (Wildman–Crippen LogP) is 14.2. The van der Waals surface area contributed by atoms with Crippen molar-refractivity contribution in [2.24, 2.45) is 0 Å². The van der Waals surface area contributed by atoms with E-state index < -0.39 is 43.2 Å². The Morgan fingerprint density at radius 2 is 0.878 bits per heavy atom. The highest BCUT2D eigenvalue weighted by Gasteiger charge is 2.28. The van der Waals surface area contributed by atoms with Gasteiger partial charge in [-0.3, -0.25) is 0 Å². The van der Waals surface area contributed by atoms with Crippen LogP contribution in [0.1, 0.15) is 4.88 Å². The molecule has 0 aliphatic carbocycles. The van der Waals surface area contributed by atoms with Crippen molar-refractivity contribution in [1.29, 1.82) is 8.95 Å². The van der Waals surface area contributed by atoms with Crippen LogP contribution < -0.4 is 36.4 Å². The zero-order valence-corrected chi connectivity index (χ0v) is 45.6. The Hall–Kier alpha value is 6.84. The van der Waals surface area contributed by atoms with Crippen molar-refractivity contribution in [3.63, 3.8) is 0 Å². The van der Waals surface area contributed by atoms with Crippen LogP contribution in [-0.2, 0) is 0 Å². The first-order chi connectivity index (χ1) is 22.5. The maximum absolute atomic E-state index is 9.14. The molecule has 6 aromatic rings. The average Bonchev–Trinajstić information content (AvgIpc) is 3.79. The molecule has 0 bridgehead atoms. The molecule has 0 aliphatic heterocycles. The number of hydrogen-bond acceptors (Lipinski definition) is 6. The van der Waals surface area contributed by atoms with Crippen molar-refractivity contribution in [3.05, 3.63) is 17.0 Å². The summed E-state index contributed by atoms with van der Waals surface area (Å²) >= 11 is 25.6. The second kappa shape index (κ2) is 17.1. The highest BCUT2D eigenvalue weighted by atomic mass is 127. The molecule has 0 spiro atoms. The molecule has 0 saturated carbocycles. The second-order valence-electron chi connectivity index (χ2n) is 7.88. The summed E-state index contributed by atoms with van der Waals surface area (Å²) in [6.45, 7) is 2.08. The van der Waals surface area contributed by atoms with Crippen LogP contribution in [0.4, 0.5) is 0 Å². The molecule has 7 atom stereocenters. The zero-order valence-electron chi connectivity index (χ0n) is 26.4. The third kappa shape index (κ3) is 7.40. The van der Waals surface area contributed by atoms with Gasteiger partial charge in [0.15, 0.2) is 0 Å². The Labute approximate surface area is 375 Å². The number of rotatable bonds is 10. The van der Waals surface area contributed by atoms with E-state index >= 15 is 0 Å². The molecule has 0 fully saturated rings. The highest BCUT2D eigenvalue weighted by molar-refractivity contribution is 14.2. The fourth-order valence-corrected chi connectivity index (χ4v) is 33.7. The monoisotopic (exact) mass is 1570 g/mol. The van der Waals surface area contributed by atoms with Gasteiger partial charge in [-0.2, -0.15) is 0 Å². The van der Waals surface area contributed by atoms with Crippen molar-refractivity contribution in [3.8, 4) is 29.3 Å². The minimum absolute atomic E-state index is 0.960. The third-order valence-corrected chi connectivity index (χ3v) is 31.0. The summed E-state index contributed by atoms with van der Waals surface area (Å²) in [6.07, 6.45) is -8.29. The van der Waals surface area contributed by atoms with Gasteiger partial charge in [0.2, 0.25) is 0 Å². The van der Waals surface area contributed by atoms with E-state index in [-0.39, 0.29) is 0 Å². The first-order valence-corrected chi connectivity index (χ1v) is 41.3. The molecule has 6 aromatic heterocycles. The number of hydrogen-bond donors (Lipinski definition) is 0. The fourth-order valence-electron chi connectivity index (χ4n) is 4.04. The van der Waals surface area contributed by atoms with Crippen molar-refractivity contribution in [2.75, 3.05) is 0 Å². The van der Waals surface area contributed by atoms with Gasteiger partial charge in [-0.15, -0.1) is 68.0 Å². The van der Waals surface area contributed by atoms with E-state index in [1.165, 1.54) is 0 Å². The van der Waals surface area contributed by atoms with Crippen LogP contribution >= 0.6 is 265 Å². The lowest BCUT2D eigenvalue weighted by Crippen LogP contribution is -2.03. The third-order valence-electron chi connectivity index (χ3n) is 5.79. The lowest BCUT2D eigenvalue weighted by molar-refractivity contribution is 1.69. The van der Waals surface area contributed by atoms with Crippen LogP contribution in [0.25, 0.3) is 48.1 Å². The lowest BCUT2D eigenvalue weighted by atomic mass is 10.3. The number of thiophene rings is 6. The Kier molecular flexibility index (Phi) is 12.2. The van der Waals surface area contributed by atoms with Gasteiger partial charge in [0.05, 0.1) is 47.3 Å². The Morgan fingerprint density at radius 3 is 1.24 bits per heavy atom. The molecule has 0 saturated heterocycles. The summed E-state index contributed by atoms with van der Waals surface area (Å²) in [4.78, 5) is 7.61. The van der Waals surface area contributed by atoms with Gasteiger partial charge in [0, 0.05) is 45.8 Å². The molecule has 216 valence electrons. The van der Waals surface area contributed by atoms with Gasteiger partial charge in [0.1, 0.15) is 0 Å². The fraction of sp³-hybridized carbons (Fsp3) is 0.0476. The van der Waals surface area contributed by atoms with Crippen LogP contribution in [0.3, 0.4) is 0 Å². The van der Waals surface area contributed by atoms with E-state index in [9.17, 15) is 0 Å². The molecule has 0 nitrogen and oxygen atoms in total. The molecule has 0 radical (unpaired) electrons. The highest BCUT2D eigenvalue weighted by Crippen LogP contribution is 2.53. The molecular weight excluding hydrogens is 1550 g/mol. The molecule has 20 heteroatoms. The molecule has 0 amide bonds. The minimum atomic E-state index is -1.29. The van der Waals surface area contributed by atoms with Crippen molar-refractivity contribution in [1.82, 2.24) is 0 Å². The average molecular weight is 1570 g/mol. The van der Waals surface area contributed by atoms with E-state index in [0.29, 0.717) is 0 Å². The molecule has 7 unspecified atom stereocenters. The zero-order chi connectivity index (χ0) is 35.1. The number of aryl methyl sites for hydroxylation is 1. The van der Waals surface area contributed by atoms with Crippen molar-refractivity contribution < 1.29 is 0 Å². The van der Waals surface area contributed by atoms with E-state index in [0.717, 1.165) is 89.4 Å². The van der Waals surface area contributed by atoms with Gasteiger partial charge in [-0.25, -0.2) is 0 Å². The molecule has 0 aliphatic rings. The largest absolute Gasteiger partial charge is 0.139 e. The topological polar surface area (TPSA) is 0 Å². The van der Waals surface area contributed by atoms with E-state index in [1.807, 2.05) is 0 Å². The van der Waals surface area contributed by atoms with E-state index in [1.54, 1.807) is 68.0 Å². The quantitative estimate of drug-likeness (QED) is 0.0947. The summed E-state index contributed by atoms with van der Waals surface area (Å²) in [5, 5.41) is 6.15. The Morgan fingerprint density at radius 1 is 0.488 bits per heavy atom. The van der Waals surface area contributed by atoms with Crippen LogP contribution in [-0.4, -0.2) is 8.95 Å². The normalized spacial score (nSPS) is 20.0. The smallest absolute Gasteiger partial charge is 0.0748 e. The molecule has 6 heterocycles. The first-order valence-electron chi connectivity index (χ1n) is 13.7. The van der Waals surface area contributed by atoms with Gasteiger partial charge < -0.3 is 0 Å². The lowest BCUT2D eigenvalue weighted by Gasteiger charge is -2.03. The number of halogens is 7. The van der Waals surface area contributed by atoms with Gasteiger partial charge >= 0.3 is 0 Å². The van der Waals surface area contributed by atoms with Crippen molar-refractivity contribution in [2.45, 2.75) is 6.92 Å². The first kappa shape index (κ1) is 29.3. The Balaban J connectivity index is 1.60. The van der Waals surface area contributed by atoms with Crippen molar-refractivity contribution >= 4 is 321 Å². The summed E-state index contributed by atoms with van der Waals surface area (Å²) in [5.74, 6) is 0. The molecule has 6 rings (SSSR count). The summed E-state index contributed by atoms with van der Waals surface area (Å²) in [6, 6.07) is 4.25. The maximum atomic E-state index is 9.14. The summed E-state index contributed by atoms with van der Waals surface area (Å²) < 4.78 is 66.9. The van der Waals surface area contributed by atoms with E-state index in [2.05, 4.69) is 173 Å². The van der Waals surface area contributed by atoms with Crippen LogP contribution in [0.2, 0.25) is 0 Å². The van der Waals surface area contributed by atoms with Crippen LogP contribution in [0, 0.1) is 6.92 Å².